The minimum Gasteiger partial charge on any atom is -0.390 e. The van der Waals surface area contributed by atoms with Crippen molar-refractivity contribution in [1.29, 1.82) is 0 Å². The van der Waals surface area contributed by atoms with E-state index < -0.39 is 25.0 Å². The molecule has 1 aliphatic heterocycles. The molecule has 1 heterocycles. The third-order valence-electron chi connectivity index (χ3n) is 2.66. The van der Waals surface area contributed by atoms with Crippen molar-refractivity contribution >= 4 is 23.0 Å². The van der Waals surface area contributed by atoms with Gasteiger partial charge in [-0.3, -0.25) is 0 Å². The van der Waals surface area contributed by atoms with Gasteiger partial charge in [0.05, 0.1) is 36.3 Å². The Morgan fingerprint density at radius 3 is 2.89 bits per heavy atom. The van der Waals surface area contributed by atoms with Crippen LogP contribution in [-0.4, -0.2) is 49.8 Å². The van der Waals surface area contributed by atoms with Crippen LogP contribution in [-0.2, 0) is 4.74 Å². The number of morpholine rings is 1. The molecule has 0 unspecified atom stereocenters. The second-order valence-corrected chi connectivity index (χ2v) is 4.41. The lowest BCUT2D eigenvalue weighted by atomic mass is 10.2. The van der Waals surface area contributed by atoms with Crippen molar-refractivity contribution in [3.05, 3.63) is 24.0 Å². The van der Waals surface area contributed by atoms with Crippen LogP contribution in [0, 0.1) is 5.82 Å². The Kier molecular flexibility index (Phi) is 3.58. The molecule has 0 aromatic heterocycles. The zero-order valence-corrected chi connectivity index (χ0v) is 11.0. The highest BCUT2D eigenvalue weighted by Crippen LogP contribution is 2.23. The number of hydrogen-bond donors (Lipinski definition) is 2. The van der Waals surface area contributed by atoms with Crippen molar-refractivity contribution in [2.45, 2.75) is 6.10 Å². The van der Waals surface area contributed by atoms with Gasteiger partial charge >= 0.3 is 0 Å². The van der Waals surface area contributed by atoms with Crippen molar-refractivity contribution in [3.8, 4) is 0 Å². The van der Waals surface area contributed by atoms with Crippen molar-refractivity contribution in [1.82, 2.24) is 0 Å². The fourth-order valence-electron chi connectivity index (χ4n) is 1.66. The summed E-state index contributed by atoms with van der Waals surface area (Å²) >= 11 is 5.48. The van der Waals surface area contributed by atoms with E-state index in [0.717, 1.165) is 0 Å². The summed E-state index contributed by atoms with van der Waals surface area (Å²) in [6.07, 6.45) is -0.752. The summed E-state index contributed by atoms with van der Waals surface area (Å²) in [4.78, 5) is 1.27. The van der Waals surface area contributed by atoms with Crippen molar-refractivity contribution in [2.24, 2.45) is 0 Å². The first-order chi connectivity index (χ1) is 10.6. The van der Waals surface area contributed by atoms with Gasteiger partial charge < -0.3 is 20.1 Å². The first-order valence-electron chi connectivity index (χ1n) is 7.84. The molecule has 4 nitrogen and oxygen atoms in total. The highest BCUT2D eigenvalue weighted by Gasteiger charge is 2.15. The molecule has 106 valence electrons. The molecular formula is C13H18ClFN2O2. The quantitative estimate of drug-likeness (QED) is 0.811. The van der Waals surface area contributed by atoms with Gasteiger partial charge in [-0.25, -0.2) is 4.39 Å². The molecule has 0 bridgehead atoms. The molecule has 2 N–H and O–H groups in total. The van der Waals surface area contributed by atoms with Gasteiger partial charge in [-0.15, -0.1) is 11.6 Å². The summed E-state index contributed by atoms with van der Waals surface area (Å²) in [6.45, 7) is -4.81. The summed E-state index contributed by atoms with van der Waals surface area (Å²) in [7, 11) is 0. The topological polar surface area (TPSA) is 44.7 Å². The van der Waals surface area contributed by atoms with Gasteiger partial charge in [-0.1, -0.05) is 0 Å². The molecule has 1 aromatic rings. The molecular weight excluding hydrogens is 271 g/mol. The van der Waals surface area contributed by atoms with Gasteiger partial charge in [0.2, 0.25) is 0 Å². The Bertz CT molecular complexity index is 549. The van der Waals surface area contributed by atoms with E-state index in [9.17, 15) is 9.50 Å². The molecule has 2 rings (SSSR count). The fraction of sp³-hybridized carbons (Fsp3) is 0.538. The van der Waals surface area contributed by atoms with Gasteiger partial charge in [0.25, 0.3) is 0 Å². The normalized spacial score (nSPS) is 25.7. The number of rotatable bonds is 5. The summed E-state index contributed by atoms with van der Waals surface area (Å²) in [5.74, 6) is -0.560. The van der Waals surface area contributed by atoms with Crippen LogP contribution in [0.2, 0.25) is 0 Å². The molecule has 19 heavy (non-hydrogen) atoms. The summed E-state index contributed by atoms with van der Waals surface area (Å²) in [5, 5.41) is 12.2. The van der Waals surface area contributed by atoms with Gasteiger partial charge in [-0.05, 0) is 18.2 Å². The highest BCUT2D eigenvalue weighted by atomic mass is 35.5. The number of benzene rings is 1. The van der Waals surface area contributed by atoms with E-state index >= 15 is 0 Å². The second kappa shape index (κ2) is 6.93. The standard InChI is InChI=1S/C13H18ClFN2O2/c14-8-11(18)9-16-10-1-2-13(12(15)7-10)17-3-5-19-6-4-17/h1-2,7,11,16,18H,3-6,8-9H2/t11-/m0/s1/i5D2,6D2. The van der Waals surface area contributed by atoms with E-state index in [0.29, 0.717) is 5.69 Å². The molecule has 0 amide bonds. The van der Waals surface area contributed by atoms with Gasteiger partial charge in [0, 0.05) is 25.3 Å². The molecule has 1 aromatic carbocycles. The van der Waals surface area contributed by atoms with Crippen LogP contribution < -0.4 is 10.2 Å². The average Bonchev–Trinajstić information content (AvgIpc) is 2.41. The Hall–Kier alpha value is -1.04. The minimum absolute atomic E-state index is 0.0610. The van der Waals surface area contributed by atoms with Gasteiger partial charge in [0.1, 0.15) is 5.82 Å². The fourth-order valence-corrected chi connectivity index (χ4v) is 1.77. The lowest BCUT2D eigenvalue weighted by Crippen LogP contribution is -2.36. The summed E-state index contributed by atoms with van der Waals surface area (Å²) in [5.41, 5.74) is 0.527. The second-order valence-electron chi connectivity index (χ2n) is 4.10. The molecule has 0 saturated carbocycles. The molecule has 1 aliphatic rings. The smallest absolute Gasteiger partial charge is 0.148 e. The summed E-state index contributed by atoms with van der Waals surface area (Å²) < 4.78 is 49.4. The van der Waals surface area contributed by atoms with Crippen molar-refractivity contribution in [3.63, 3.8) is 0 Å². The number of ether oxygens (including phenoxy) is 1. The number of alkyl halides is 1. The molecule has 6 heteroatoms. The number of aliphatic hydroxyl groups excluding tert-OH is 1. The van der Waals surface area contributed by atoms with Crippen LogP contribution in [0.3, 0.4) is 0 Å². The molecule has 0 aliphatic carbocycles. The van der Waals surface area contributed by atoms with E-state index in [4.69, 9.17) is 21.8 Å². The number of nitrogens with zero attached hydrogens (tertiary/aromatic N) is 1. The number of hydrogen-bond acceptors (Lipinski definition) is 4. The highest BCUT2D eigenvalue weighted by molar-refractivity contribution is 6.18. The van der Waals surface area contributed by atoms with Crippen LogP contribution in [0.1, 0.15) is 5.48 Å². The minimum atomic E-state index is -2.21. The Morgan fingerprint density at radius 2 is 2.26 bits per heavy atom. The molecule has 1 atom stereocenters. The van der Waals surface area contributed by atoms with E-state index in [2.05, 4.69) is 5.32 Å². The zero-order valence-electron chi connectivity index (χ0n) is 14.2. The van der Waals surface area contributed by atoms with E-state index in [1.54, 1.807) is 6.07 Å². The van der Waals surface area contributed by atoms with Gasteiger partial charge in [0.15, 0.2) is 0 Å². The first kappa shape index (κ1) is 9.80. The Labute approximate surface area is 122 Å². The summed E-state index contributed by atoms with van der Waals surface area (Å²) in [6, 6.07) is 4.21. The molecule has 0 radical (unpaired) electrons. The number of anilines is 2. The largest absolute Gasteiger partial charge is 0.390 e. The van der Waals surface area contributed by atoms with Crippen molar-refractivity contribution in [2.75, 3.05) is 48.8 Å². The molecule has 1 saturated heterocycles. The van der Waals surface area contributed by atoms with Crippen LogP contribution in [0.4, 0.5) is 15.8 Å². The van der Waals surface area contributed by atoms with Gasteiger partial charge in [-0.2, -0.15) is 0 Å². The van der Waals surface area contributed by atoms with Crippen LogP contribution >= 0.6 is 11.6 Å². The van der Waals surface area contributed by atoms with Crippen molar-refractivity contribution < 1.29 is 19.7 Å². The third-order valence-corrected chi connectivity index (χ3v) is 3.02. The Morgan fingerprint density at radius 1 is 1.53 bits per heavy atom. The average molecular weight is 293 g/mol. The Balaban J connectivity index is 2.14. The lowest BCUT2D eigenvalue weighted by molar-refractivity contribution is 0.122. The lowest BCUT2D eigenvalue weighted by Gasteiger charge is -2.29. The number of nitrogens with one attached hydrogen (secondary N) is 1. The first-order valence-corrected chi connectivity index (χ1v) is 6.38. The van der Waals surface area contributed by atoms with E-state index in [1.165, 1.54) is 17.0 Å². The molecule has 0 spiro atoms. The van der Waals surface area contributed by atoms with Crippen LogP contribution in [0.15, 0.2) is 18.2 Å². The number of halogens is 2. The van der Waals surface area contributed by atoms with Crippen LogP contribution in [0.25, 0.3) is 0 Å². The third kappa shape index (κ3) is 3.96. The van der Waals surface area contributed by atoms with E-state index in [-0.39, 0.29) is 31.2 Å². The maximum Gasteiger partial charge on any atom is 0.148 e. The van der Waals surface area contributed by atoms with Crippen LogP contribution in [0.5, 0.6) is 0 Å². The SMILES string of the molecule is [2H]C1([2H])CN(c2ccc(NC[C@@H](O)CCl)cc2F)CC([2H])([2H])O1. The number of aliphatic hydroxyl groups is 1. The predicted octanol–water partition coefficient (Wildman–Crippen LogP) is 1.67. The maximum atomic E-state index is 14.3. The molecule has 1 fully saturated rings. The predicted molar refractivity (Wildman–Crippen MR) is 74.6 cm³/mol. The monoisotopic (exact) mass is 292 g/mol. The van der Waals surface area contributed by atoms with E-state index in [1.807, 2.05) is 0 Å². The maximum absolute atomic E-state index is 14.3. The zero-order chi connectivity index (χ0) is 17.3.